The predicted octanol–water partition coefficient (Wildman–Crippen LogP) is 6.68. The molecule has 1 heterocycles. The van der Waals surface area contributed by atoms with E-state index in [9.17, 15) is 5.11 Å². The zero-order valence-electron chi connectivity index (χ0n) is 20.1. The Hall–Kier alpha value is -2.56. The van der Waals surface area contributed by atoms with E-state index in [-0.39, 0.29) is 16.6 Å². The van der Waals surface area contributed by atoms with Gasteiger partial charge in [-0.05, 0) is 41.0 Å². The number of fused-ring (bicyclic) bond motifs is 1. The molecule has 5 nitrogen and oxygen atoms in total. The van der Waals surface area contributed by atoms with Gasteiger partial charge in [0.25, 0.3) is 0 Å². The third-order valence-electron chi connectivity index (χ3n) is 5.60. The SMILES string of the molecule is CCCCCCOc1ccc2nn(-c3cc(C(C)(C)C)cc(C(C)(C)C)c3O)nc2c1. The topological polar surface area (TPSA) is 60.2 Å². The lowest BCUT2D eigenvalue weighted by molar-refractivity contribution is 0.305. The second-order valence-electron chi connectivity index (χ2n) is 10.4. The summed E-state index contributed by atoms with van der Waals surface area (Å²) in [6, 6.07) is 9.89. The van der Waals surface area contributed by atoms with Crippen molar-refractivity contribution in [2.24, 2.45) is 0 Å². The summed E-state index contributed by atoms with van der Waals surface area (Å²) in [5.74, 6) is 1.03. The molecule has 0 atom stereocenters. The quantitative estimate of drug-likeness (QED) is 0.431. The van der Waals surface area contributed by atoms with E-state index in [0.29, 0.717) is 12.3 Å². The predicted molar refractivity (Wildman–Crippen MR) is 128 cm³/mol. The van der Waals surface area contributed by atoms with Gasteiger partial charge < -0.3 is 9.84 Å². The van der Waals surface area contributed by atoms with Crippen molar-refractivity contribution in [2.75, 3.05) is 6.61 Å². The molecule has 2 aromatic carbocycles. The Morgan fingerprint density at radius 1 is 0.871 bits per heavy atom. The zero-order chi connectivity index (χ0) is 22.8. The van der Waals surface area contributed by atoms with Crippen molar-refractivity contribution in [3.63, 3.8) is 0 Å². The molecule has 3 aromatic rings. The highest BCUT2D eigenvalue weighted by Gasteiger charge is 2.26. The lowest BCUT2D eigenvalue weighted by Gasteiger charge is -2.27. The van der Waals surface area contributed by atoms with Crippen LogP contribution in [0.3, 0.4) is 0 Å². The molecular formula is C26H37N3O2. The number of hydrogen-bond donors (Lipinski definition) is 1. The first-order valence-corrected chi connectivity index (χ1v) is 11.4. The minimum absolute atomic E-state index is 0.0617. The molecule has 31 heavy (non-hydrogen) atoms. The molecule has 5 heteroatoms. The van der Waals surface area contributed by atoms with Crippen molar-refractivity contribution in [2.45, 2.75) is 85.0 Å². The van der Waals surface area contributed by atoms with E-state index in [1.807, 2.05) is 24.3 Å². The molecule has 0 saturated heterocycles. The minimum atomic E-state index is -0.203. The summed E-state index contributed by atoms with van der Waals surface area (Å²) in [6.07, 6.45) is 4.70. The van der Waals surface area contributed by atoms with E-state index in [4.69, 9.17) is 4.74 Å². The Morgan fingerprint density at radius 2 is 1.58 bits per heavy atom. The van der Waals surface area contributed by atoms with Gasteiger partial charge >= 0.3 is 0 Å². The van der Waals surface area contributed by atoms with Gasteiger partial charge in [0.15, 0.2) is 0 Å². The molecule has 0 aliphatic heterocycles. The van der Waals surface area contributed by atoms with Crippen molar-refractivity contribution in [1.29, 1.82) is 0 Å². The second-order valence-corrected chi connectivity index (χ2v) is 10.4. The van der Waals surface area contributed by atoms with Gasteiger partial charge in [-0.3, -0.25) is 0 Å². The fourth-order valence-corrected chi connectivity index (χ4v) is 3.59. The maximum absolute atomic E-state index is 11.1. The van der Waals surface area contributed by atoms with E-state index >= 15 is 0 Å². The number of phenols is 1. The van der Waals surface area contributed by atoms with Crippen LogP contribution in [0, 0.1) is 0 Å². The Bertz CT molecular complexity index is 1040. The minimum Gasteiger partial charge on any atom is -0.505 e. The van der Waals surface area contributed by atoms with Gasteiger partial charge in [0.05, 0.1) is 6.61 Å². The number of phenolic OH excluding ortho intramolecular Hbond substituents is 1. The lowest BCUT2D eigenvalue weighted by atomic mass is 9.80. The van der Waals surface area contributed by atoms with E-state index in [1.165, 1.54) is 19.3 Å². The average Bonchev–Trinajstić information content (AvgIpc) is 3.09. The van der Waals surface area contributed by atoms with Crippen molar-refractivity contribution in [3.05, 3.63) is 41.5 Å². The van der Waals surface area contributed by atoms with Crippen LogP contribution in [-0.4, -0.2) is 26.7 Å². The first kappa shape index (κ1) is 23.1. The van der Waals surface area contributed by atoms with Crippen LogP contribution in [-0.2, 0) is 10.8 Å². The largest absolute Gasteiger partial charge is 0.505 e. The summed E-state index contributed by atoms with van der Waals surface area (Å²) in [4.78, 5) is 1.55. The van der Waals surface area contributed by atoms with Crippen molar-refractivity contribution >= 4 is 11.0 Å². The van der Waals surface area contributed by atoms with Gasteiger partial charge in [0.1, 0.15) is 28.2 Å². The van der Waals surface area contributed by atoms with E-state index < -0.39 is 0 Å². The smallest absolute Gasteiger partial charge is 0.146 e. The van der Waals surface area contributed by atoms with Crippen LogP contribution in [0.1, 0.15) is 85.3 Å². The number of aromatic nitrogens is 3. The Balaban J connectivity index is 1.97. The standard InChI is InChI=1S/C26H37N3O2/c1-8-9-10-11-14-31-19-12-13-21-22(17-19)28-29(27-21)23-16-18(25(2,3)4)15-20(24(23)30)26(5,6)7/h12-13,15-17,30H,8-11,14H2,1-7H3. The maximum Gasteiger partial charge on any atom is 0.146 e. The Kier molecular flexibility index (Phi) is 6.63. The molecule has 0 aliphatic carbocycles. The summed E-state index contributed by atoms with van der Waals surface area (Å²) in [5, 5.41) is 20.4. The molecule has 0 aliphatic rings. The first-order valence-electron chi connectivity index (χ1n) is 11.4. The normalized spacial score (nSPS) is 12.5. The van der Waals surface area contributed by atoms with Gasteiger partial charge in [-0.2, -0.15) is 0 Å². The van der Waals surface area contributed by atoms with Crippen LogP contribution in [0.25, 0.3) is 16.7 Å². The van der Waals surface area contributed by atoms with Gasteiger partial charge in [0, 0.05) is 11.6 Å². The number of hydrogen-bond acceptors (Lipinski definition) is 4. The molecule has 0 fully saturated rings. The van der Waals surface area contributed by atoms with Crippen LogP contribution in [0.5, 0.6) is 11.5 Å². The van der Waals surface area contributed by atoms with E-state index in [0.717, 1.165) is 34.3 Å². The monoisotopic (exact) mass is 423 g/mol. The summed E-state index contributed by atoms with van der Waals surface area (Å²) >= 11 is 0. The van der Waals surface area contributed by atoms with Crippen molar-refractivity contribution in [3.8, 4) is 17.2 Å². The van der Waals surface area contributed by atoms with Crippen LogP contribution >= 0.6 is 0 Å². The fourth-order valence-electron chi connectivity index (χ4n) is 3.59. The van der Waals surface area contributed by atoms with Crippen molar-refractivity contribution in [1.82, 2.24) is 15.0 Å². The van der Waals surface area contributed by atoms with Gasteiger partial charge in [0.2, 0.25) is 0 Å². The molecule has 0 radical (unpaired) electrons. The van der Waals surface area contributed by atoms with E-state index in [1.54, 1.807) is 4.80 Å². The van der Waals surface area contributed by atoms with Gasteiger partial charge in [-0.15, -0.1) is 15.0 Å². The summed E-state index contributed by atoms with van der Waals surface area (Å²) in [7, 11) is 0. The third-order valence-corrected chi connectivity index (χ3v) is 5.60. The number of rotatable bonds is 7. The molecule has 0 bridgehead atoms. The molecule has 1 aromatic heterocycles. The number of ether oxygens (including phenoxy) is 1. The highest BCUT2D eigenvalue weighted by Crippen LogP contribution is 2.39. The maximum atomic E-state index is 11.1. The number of aromatic hydroxyl groups is 1. The Labute approximate surface area is 186 Å². The molecule has 168 valence electrons. The van der Waals surface area contributed by atoms with Gasteiger partial charge in [-0.1, -0.05) is 73.8 Å². The van der Waals surface area contributed by atoms with Crippen LogP contribution in [0.2, 0.25) is 0 Å². The number of unbranched alkanes of at least 4 members (excludes halogenated alkanes) is 3. The summed E-state index contributed by atoms with van der Waals surface area (Å²) < 4.78 is 5.90. The first-order chi connectivity index (χ1) is 14.5. The van der Waals surface area contributed by atoms with Crippen LogP contribution < -0.4 is 4.74 Å². The molecule has 1 N–H and O–H groups in total. The average molecular weight is 424 g/mol. The van der Waals surface area contributed by atoms with E-state index in [2.05, 4.69) is 64.7 Å². The molecule has 3 rings (SSSR count). The molecular weight excluding hydrogens is 386 g/mol. The summed E-state index contributed by atoms with van der Waals surface area (Å²) in [6.45, 7) is 15.8. The Morgan fingerprint density at radius 3 is 2.23 bits per heavy atom. The number of benzene rings is 2. The second kappa shape index (κ2) is 8.89. The molecule has 0 unspecified atom stereocenters. The van der Waals surface area contributed by atoms with Gasteiger partial charge in [-0.25, -0.2) is 0 Å². The molecule has 0 spiro atoms. The van der Waals surface area contributed by atoms with Crippen LogP contribution in [0.4, 0.5) is 0 Å². The molecule has 0 amide bonds. The van der Waals surface area contributed by atoms with Crippen molar-refractivity contribution < 1.29 is 9.84 Å². The summed E-state index contributed by atoms with van der Waals surface area (Å²) in [5.41, 5.74) is 3.91. The fraction of sp³-hybridized carbons (Fsp3) is 0.538. The highest BCUT2D eigenvalue weighted by atomic mass is 16.5. The highest BCUT2D eigenvalue weighted by molar-refractivity contribution is 5.76. The third kappa shape index (κ3) is 5.38. The van der Waals surface area contributed by atoms with Crippen LogP contribution in [0.15, 0.2) is 30.3 Å². The zero-order valence-corrected chi connectivity index (χ0v) is 20.1. The molecule has 0 saturated carbocycles. The number of nitrogens with zero attached hydrogens (tertiary/aromatic N) is 3. The lowest BCUT2D eigenvalue weighted by Crippen LogP contribution is -2.18.